The zero-order valence-corrected chi connectivity index (χ0v) is 20.1. The number of nitrogens with one attached hydrogen (secondary N) is 3. The molecule has 0 radical (unpaired) electrons. The first-order valence-corrected chi connectivity index (χ1v) is 14.8. The Balaban J connectivity index is 1.28. The molecule has 5 aliphatic carbocycles. The molecule has 0 aromatic carbocycles. The molecule has 6 aliphatic rings. The summed E-state index contributed by atoms with van der Waals surface area (Å²) in [5.41, 5.74) is 0. The zero-order valence-electron chi connectivity index (χ0n) is 20.1. The zero-order chi connectivity index (χ0) is 20.6. The van der Waals surface area contributed by atoms with Crippen molar-refractivity contribution in [2.75, 3.05) is 0 Å². The van der Waals surface area contributed by atoms with Crippen molar-refractivity contribution in [1.82, 2.24) is 10.6 Å². The summed E-state index contributed by atoms with van der Waals surface area (Å²) in [4.78, 5) is 2.13. The van der Waals surface area contributed by atoms with Gasteiger partial charge in [-0.1, -0.05) is 44.9 Å². The Hall–Kier alpha value is -0.120. The molecule has 31 heavy (non-hydrogen) atoms. The Bertz CT molecular complexity index is 581. The molecule has 3 N–H and O–H groups in total. The minimum atomic E-state index is 0.815. The second kappa shape index (κ2) is 9.63. The van der Waals surface area contributed by atoms with Crippen LogP contribution >= 0.6 is 0 Å². The fourth-order valence-corrected chi connectivity index (χ4v) is 9.67. The first-order chi connectivity index (χ1) is 15.4. The average molecular weight is 429 g/mol. The van der Waals surface area contributed by atoms with E-state index in [1.165, 1.54) is 122 Å². The Morgan fingerprint density at radius 2 is 1.23 bits per heavy atom. The van der Waals surface area contributed by atoms with Crippen molar-refractivity contribution < 1.29 is 4.90 Å². The molecule has 6 rings (SSSR count). The highest BCUT2D eigenvalue weighted by Crippen LogP contribution is 2.43. The Labute approximate surface area is 191 Å². The Morgan fingerprint density at radius 3 is 2.03 bits per heavy atom. The molecule has 0 aromatic heterocycles. The van der Waals surface area contributed by atoms with Crippen LogP contribution in [0.3, 0.4) is 0 Å². The van der Waals surface area contributed by atoms with Crippen molar-refractivity contribution in [1.29, 1.82) is 0 Å². The first-order valence-electron chi connectivity index (χ1n) is 14.8. The number of piperazine rings is 1. The lowest BCUT2D eigenvalue weighted by atomic mass is 9.61. The number of fused-ring (bicyclic) bond motifs is 4. The summed E-state index contributed by atoms with van der Waals surface area (Å²) in [5, 5.41) is 8.75. The highest BCUT2D eigenvalue weighted by atomic mass is 15.3. The van der Waals surface area contributed by atoms with E-state index in [0.29, 0.717) is 0 Å². The van der Waals surface area contributed by atoms with Crippen LogP contribution in [0, 0.1) is 11.8 Å². The largest absolute Gasteiger partial charge is 0.325 e. The molecule has 6 fully saturated rings. The van der Waals surface area contributed by atoms with Crippen molar-refractivity contribution in [3.8, 4) is 0 Å². The van der Waals surface area contributed by atoms with Crippen LogP contribution < -0.4 is 15.5 Å². The number of hydrogen-bond acceptors (Lipinski definition) is 2. The van der Waals surface area contributed by atoms with E-state index in [4.69, 9.17) is 0 Å². The molecular formula is C28H50N3+. The normalized spacial score (nSPS) is 47.2. The molecule has 3 heteroatoms. The average Bonchev–Trinajstić information content (AvgIpc) is 2.84. The van der Waals surface area contributed by atoms with Crippen LogP contribution in [-0.2, 0) is 0 Å². The molecule has 8 unspecified atom stereocenters. The maximum absolute atomic E-state index is 4.40. The molecule has 0 amide bonds. The lowest BCUT2D eigenvalue weighted by Gasteiger charge is -2.60. The van der Waals surface area contributed by atoms with Crippen molar-refractivity contribution in [2.45, 2.75) is 164 Å². The minimum absolute atomic E-state index is 0.815. The van der Waals surface area contributed by atoms with Gasteiger partial charge in [-0.3, -0.25) is 0 Å². The van der Waals surface area contributed by atoms with Crippen molar-refractivity contribution in [3.05, 3.63) is 0 Å². The third kappa shape index (κ3) is 4.26. The van der Waals surface area contributed by atoms with E-state index in [0.717, 1.165) is 54.1 Å². The fourth-order valence-electron chi connectivity index (χ4n) is 9.67. The Kier molecular flexibility index (Phi) is 6.65. The maximum atomic E-state index is 4.40. The van der Waals surface area contributed by atoms with Gasteiger partial charge in [0.1, 0.15) is 12.1 Å². The fraction of sp³-hybridized carbons (Fsp3) is 1.00. The summed E-state index contributed by atoms with van der Waals surface area (Å²) in [6.07, 6.45) is 28.3. The molecule has 0 aromatic rings. The smallest absolute Gasteiger partial charge is 0.105 e. The van der Waals surface area contributed by atoms with E-state index in [1.807, 2.05) is 0 Å². The summed E-state index contributed by atoms with van der Waals surface area (Å²) < 4.78 is 0. The number of hydrogen-bond donors (Lipinski definition) is 3. The third-order valence-corrected chi connectivity index (χ3v) is 11.0. The van der Waals surface area contributed by atoms with E-state index in [-0.39, 0.29) is 0 Å². The molecule has 3 nitrogen and oxygen atoms in total. The summed E-state index contributed by atoms with van der Waals surface area (Å²) in [7, 11) is 0. The maximum Gasteiger partial charge on any atom is 0.105 e. The summed E-state index contributed by atoms with van der Waals surface area (Å²) in [5.74, 6) is 1.91. The van der Waals surface area contributed by atoms with Gasteiger partial charge in [0.05, 0.1) is 18.1 Å². The van der Waals surface area contributed by atoms with Crippen LogP contribution in [0.1, 0.15) is 122 Å². The lowest BCUT2D eigenvalue weighted by molar-refractivity contribution is -0.984. The van der Waals surface area contributed by atoms with Gasteiger partial charge in [-0.2, -0.15) is 0 Å². The monoisotopic (exact) mass is 428 g/mol. The van der Waals surface area contributed by atoms with Crippen LogP contribution in [0.25, 0.3) is 0 Å². The van der Waals surface area contributed by atoms with Gasteiger partial charge in [0.25, 0.3) is 0 Å². The van der Waals surface area contributed by atoms with E-state index in [1.54, 1.807) is 0 Å². The van der Waals surface area contributed by atoms with Crippen LogP contribution in [0.4, 0.5) is 0 Å². The van der Waals surface area contributed by atoms with Gasteiger partial charge in [0.15, 0.2) is 0 Å². The van der Waals surface area contributed by atoms with E-state index in [9.17, 15) is 0 Å². The quantitative estimate of drug-likeness (QED) is 0.623. The van der Waals surface area contributed by atoms with Gasteiger partial charge in [-0.15, -0.1) is 0 Å². The highest BCUT2D eigenvalue weighted by molar-refractivity contribution is 5.05. The minimum Gasteiger partial charge on any atom is -0.325 e. The molecule has 1 heterocycles. The predicted molar refractivity (Wildman–Crippen MR) is 128 cm³/mol. The molecule has 1 saturated heterocycles. The standard InChI is InChI=1S/C28H49N3/c1-3-11-20(12-4-1)29-25-19-27-28(23-16-8-7-15-22(23)25)30-24-17-9-10-18-26(24)31(27)21-13-5-2-6-14-21/h20-30H,1-19H2/p+1. The molecule has 0 spiro atoms. The summed E-state index contributed by atoms with van der Waals surface area (Å²) in [6.45, 7) is 0. The molecule has 0 bridgehead atoms. The van der Waals surface area contributed by atoms with Crippen molar-refractivity contribution in [3.63, 3.8) is 0 Å². The van der Waals surface area contributed by atoms with Crippen molar-refractivity contribution in [2.24, 2.45) is 11.8 Å². The second-order valence-electron chi connectivity index (χ2n) is 12.6. The SMILES string of the molecule is C1CCC(NC2CC3C(NC4CCCCC4[NH+]3C3CCCCC3)C3CCCCC23)CC1. The summed E-state index contributed by atoms with van der Waals surface area (Å²) >= 11 is 0. The van der Waals surface area contributed by atoms with E-state index < -0.39 is 0 Å². The molecular weight excluding hydrogens is 378 g/mol. The van der Waals surface area contributed by atoms with Gasteiger partial charge in [0.2, 0.25) is 0 Å². The predicted octanol–water partition coefficient (Wildman–Crippen LogP) is 4.36. The Morgan fingerprint density at radius 1 is 0.581 bits per heavy atom. The number of rotatable bonds is 3. The van der Waals surface area contributed by atoms with Crippen LogP contribution in [0.15, 0.2) is 0 Å². The third-order valence-electron chi connectivity index (χ3n) is 11.0. The van der Waals surface area contributed by atoms with Crippen molar-refractivity contribution >= 4 is 0 Å². The van der Waals surface area contributed by atoms with E-state index in [2.05, 4.69) is 15.5 Å². The van der Waals surface area contributed by atoms with Gasteiger partial charge >= 0.3 is 0 Å². The van der Waals surface area contributed by atoms with Gasteiger partial charge in [-0.25, -0.2) is 0 Å². The van der Waals surface area contributed by atoms with Crippen LogP contribution in [0.2, 0.25) is 0 Å². The number of quaternary nitrogens is 1. The van der Waals surface area contributed by atoms with Crippen LogP contribution in [-0.4, -0.2) is 42.3 Å². The van der Waals surface area contributed by atoms with Crippen LogP contribution in [0.5, 0.6) is 0 Å². The molecule has 5 saturated carbocycles. The van der Waals surface area contributed by atoms with Gasteiger partial charge in [-0.05, 0) is 76.0 Å². The highest BCUT2D eigenvalue weighted by Gasteiger charge is 2.56. The molecule has 8 atom stereocenters. The summed E-state index contributed by atoms with van der Waals surface area (Å²) in [6, 6.07) is 6.09. The second-order valence-corrected chi connectivity index (χ2v) is 12.6. The molecule has 1 aliphatic heterocycles. The van der Waals surface area contributed by atoms with E-state index >= 15 is 0 Å². The first kappa shape index (κ1) is 21.4. The molecule has 176 valence electrons. The topological polar surface area (TPSA) is 28.5 Å². The van der Waals surface area contributed by atoms with Gasteiger partial charge in [0, 0.05) is 24.9 Å². The lowest BCUT2D eigenvalue weighted by Crippen LogP contribution is -3.27. The van der Waals surface area contributed by atoms with Gasteiger partial charge < -0.3 is 15.5 Å².